The third-order valence-corrected chi connectivity index (χ3v) is 3.34. The van der Waals surface area contributed by atoms with E-state index in [1.54, 1.807) is 0 Å². The molecule has 2 N–H and O–H groups in total. The van der Waals surface area contributed by atoms with Crippen molar-refractivity contribution in [2.75, 3.05) is 19.6 Å². The van der Waals surface area contributed by atoms with Gasteiger partial charge < -0.3 is 10.6 Å². The normalized spacial score (nSPS) is 29.8. The summed E-state index contributed by atoms with van der Waals surface area (Å²) in [5, 5.41) is 0. The average Bonchev–Trinajstić information content (AvgIpc) is 1.99. The van der Waals surface area contributed by atoms with Gasteiger partial charge in [-0.3, -0.25) is 0 Å². The van der Waals surface area contributed by atoms with Crippen LogP contribution in [0.15, 0.2) is 0 Å². The Labute approximate surface area is 75.1 Å². The maximum absolute atomic E-state index is 6.33. The van der Waals surface area contributed by atoms with Gasteiger partial charge in [0.2, 0.25) is 0 Å². The molecule has 2 nitrogen and oxygen atoms in total. The van der Waals surface area contributed by atoms with Crippen molar-refractivity contribution in [3.8, 4) is 0 Å². The van der Waals surface area contributed by atoms with Gasteiger partial charge in [-0.1, -0.05) is 19.3 Å². The molecule has 2 heteroatoms. The number of hydrogen-bond donors (Lipinski definition) is 1. The SMILES string of the molecule is NC1(CN2CCC2)CCCCC1. The van der Waals surface area contributed by atoms with Crippen molar-refractivity contribution < 1.29 is 0 Å². The first-order chi connectivity index (χ1) is 5.79. The lowest BCUT2D eigenvalue weighted by molar-refractivity contribution is 0.118. The predicted molar refractivity (Wildman–Crippen MR) is 51.1 cm³/mol. The summed E-state index contributed by atoms with van der Waals surface area (Å²) in [4.78, 5) is 2.51. The van der Waals surface area contributed by atoms with Gasteiger partial charge in [0.05, 0.1) is 0 Å². The Morgan fingerprint density at radius 3 is 2.17 bits per heavy atom. The second kappa shape index (κ2) is 3.35. The molecule has 0 spiro atoms. The summed E-state index contributed by atoms with van der Waals surface area (Å²) in [6.45, 7) is 3.74. The van der Waals surface area contributed by atoms with Crippen molar-refractivity contribution in [3.05, 3.63) is 0 Å². The number of nitrogens with zero attached hydrogens (tertiary/aromatic N) is 1. The van der Waals surface area contributed by atoms with Crippen LogP contribution in [0, 0.1) is 0 Å². The molecule has 2 aliphatic rings. The molecule has 0 amide bonds. The first kappa shape index (κ1) is 8.52. The standard InChI is InChI=1S/C10H20N2/c11-10(5-2-1-3-6-10)9-12-7-4-8-12/h1-9,11H2. The lowest BCUT2D eigenvalue weighted by Gasteiger charge is -2.41. The van der Waals surface area contributed by atoms with E-state index in [0.717, 1.165) is 6.54 Å². The number of hydrogen-bond acceptors (Lipinski definition) is 2. The van der Waals surface area contributed by atoms with Gasteiger partial charge in [-0.05, 0) is 32.4 Å². The van der Waals surface area contributed by atoms with Crippen LogP contribution in [0.25, 0.3) is 0 Å². The zero-order valence-corrected chi connectivity index (χ0v) is 7.89. The van der Waals surface area contributed by atoms with Crippen LogP contribution < -0.4 is 5.73 Å². The quantitative estimate of drug-likeness (QED) is 0.674. The monoisotopic (exact) mass is 168 g/mol. The van der Waals surface area contributed by atoms with E-state index in [4.69, 9.17) is 5.73 Å². The highest BCUT2D eigenvalue weighted by Crippen LogP contribution is 2.27. The van der Waals surface area contributed by atoms with Crippen LogP contribution in [0.3, 0.4) is 0 Å². The Morgan fingerprint density at radius 2 is 1.67 bits per heavy atom. The highest BCUT2D eigenvalue weighted by Gasteiger charge is 2.31. The molecule has 0 aromatic rings. The third kappa shape index (κ3) is 1.80. The molecule has 0 atom stereocenters. The van der Waals surface area contributed by atoms with Crippen LogP contribution in [0.4, 0.5) is 0 Å². The zero-order chi connectivity index (χ0) is 8.44. The number of nitrogens with two attached hydrogens (primary N) is 1. The molecule has 2 fully saturated rings. The van der Waals surface area contributed by atoms with Crippen molar-refractivity contribution in [2.45, 2.75) is 44.1 Å². The van der Waals surface area contributed by atoms with E-state index in [1.807, 2.05) is 0 Å². The molecule has 1 saturated heterocycles. The van der Waals surface area contributed by atoms with Crippen molar-refractivity contribution in [1.82, 2.24) is 4.90 Å². The molecule has 1 saturated carbocycles. The van der Waals surface area contributed by atoms with E-state index in [1.165, 1.54) is 51.6 Å². The van der Waals surface area contributed by atoms with Crippen LogP contribution in [-0.4, -0.2) is 30.1 Å². The van der Waals surface area contributed by atoms with Gasteiger partial charge in [0.1, 0.15) is 0 Å². The van der Waals surface area contributed by atoms with Crippen LogP contribution in [0.2, 0.25) is 0 Å². The van der Waals surface area contributed by atoms with Gasteiger partial charge in [0, 0.05) is 12.1 Å². The summed E-state index contributed by atoms with van der Waals surface area (Å²) < 4.78 is 0. The van der Waals surface area contributed by atoms with Crippen molar-refractivity contribution in [2.24, 2.45) is 5.73 Å². The summed E-state index contributed by atoms with van der Waals surface area (Å²) in [6, 6.07) is 0. The van der Waals surface area contributed by atoms with Gasteiger partial charge in [-0.15, -0.1) is 0 Å². The molecular formula is C10H20N2. The number of likely N-dealkylation sites (tertiary alicyclic amines) is 1. The fourth-order valence-electron chi connectivity index (χ4n) is 2.40. The van der Waals surface area contributed by atoms with Gasteiger partial charge in [0.15, 0.2) is 0 Å². The molecule has 1 heterocycles. The fourth-order valence-corrected chi connectivity index (χ4v) is 2.40. The molecule has 0 bridgehead atoms. The topological polar surface area (TPSA) is 29.3 Å². The van der Waals surface area contributed by atoms with Crippen LogP contribution in [0.5, 0.6) is 0 Å². The zero-order valence-electron chi connectivity index (χ0n) is 7.89. The second-order valence-corrected chi connectivity index (χ2v) is 4.55. The summed E-state index contributed by atoms with van der Waals surface area (Å²) in [7, 11) is 0. The molecule has 0 unspecified atom stereocenters. The summed E-state index contributed by atoms with van der Waals surface area (Å²) in [5.41, 5.74) is 6.51. The minimum atomic E-state index is 0.179. The molecule has 1 aliphatic heterocycles. The van der Waals surface area contributed by atoms with Gasteiger partial charge >= 0.3 is 0 Å². The van der Waals surface area contributed by atoms with Crippen LogP contribution >= 0.6 is 0 Å². The Balaban J connectivity index is 1.81. The highest BCUT2D eigenvalue weighted by atomic mass is 15.2. The molecule has 12 heavy (non-hydrogen) atoms. The van der Waals surface area contributed by atoms with Crippen molar-refractivity contribution >= 4 is 0 Å². The Kier molecular flexibility index (Phi) is 2.37. The van der Waals surface area contributed by atoms with Gasteiger partial charge in [-0.2, -0.15) is 0 Å². The van der Waals surface area contributed by atoms with Crippen molar-refractivity contribution in [3.63, 3.8) is 0 Å². The highest BCUT2D eigenvalue weighted by molar-refractivity contribution is 4.91. The summed E-state index contributed by atoms with van der Waals surface area (Å²) in [5.74, 6) is 0. The minimum absolute atomic E-state index is 0.179. The van der Waals surface area contributed by atoms with E-state index in [0.29, 0.717) is 0 Å². The first-order valence-corrected chi connectivity index (χ1v) is 5.30. The summed E-state index contributed by atoms with van der Waals surface area (Å²) >= 11 is 0. The van der Waals surface area contributed by atoms with E-state index in [9.17, 15) is 0 Å². The first-order valence-electron chi connectivity index (χ1n) is 5.30. The largest absolute Gasteiger partial charge is 0.324 e. The van der Waals surface area contributed by atoms with Crippen LogP contribution in [-0.2, 0) is 0 Å². The molecular weight excluding hydrogens is 148 g/mol. The molecule has 0 radical (unpaired) electrons. The number of rotatable bonds is 2. The maximum Gasteiger partial charge on any atom is 0.0283 e. The third-order valence-electron chi connectivity index (χ3n) is 3.34. The molecule has 0 aromatic heterocycles. The van der Waals surface area contributed by atoms with E-state index < -0.39 is 0 Å². The van der Waals surface area contributed by atoms with E-state index >= 15 is 0 Å². The lowest BCUT2D eigenvalue weighted by atomic mass is 9.82. The minimum Gasteiger partial charge on any atom is -0.324 e. The van der Waals surface area contributed by atoms with E-state index in [2.05, 4.69) is 4.90 Å². The Hall–Kier alpha value is -0.0800. The molecule has 0 aromatic carbocycles. The Bertz CT molecular complexity index is 146. The average molecular weight is 168 g/mol. The van der Waals surface area contributed by atoms with Crippen molar-refractivity contribution in [1.29, 1.82) is 0 Å². The van der Waals surface area contributed by atoms with E-state index in [-0.39, 0.29) is 5.54 Å². The van der Waals surface area contributed by atoms with Gasteiger partial charge in [-0.25, -0.2) is 0 Å². The second-order valence-electron chi connectivity index (χ2n) is 4.55. The van der Waals surface area contributed by atoms with Gasteiger partial charge in [0.25, 0.3) is 0 Å². The smallest absolute Gasteiger partial charge is 0.0283 e. The lowest BCUT2D eigenvalue weighted by Crippen LogP contribution is -2.54. The summed E-state index contributed by atoms with van der Waals surface area (Å²) in [6.07, 6.45) is 8.00. The Morgan fingerprint density at radius 1 is 1.00 bits per heavy atom. The maximum atomic E-state index is 6.33. The fraction of sp³-hybridized carbons (Fsp3) is 1.00. The van der Waals surface area contributed by atoms with Crippen LogP contribution in [0.1, 0.15) is 38.5 Å². The molecule has 2 rings (SSSR count). The molecule has 70 valence electrons. The predicted octanol–water partition coefficient (Wildman–Crippen LogP) is 1.35. The molecule has 1 aliphatic carbocycles.